The van der Waals surface area contributed by atoms with Crippen molar-refractivity contribution in [3.05, 3.63) is 53.7 Å². The van der Waals surface area contributed by atoms with Crippen LogP contribution in [0.5, 0.6) is 0 Å². The topological polar surface area (TPSA) is 96.6 Å². The first-order valence-electron chi connectivity index (χ1n) is 5.90. The van der Waals surface area contributed by atoms with Crippen molar-refractivity contribution in [1.29, 1.82) is 0 Å². The summed E-state index contributed by atoms with van der Waals surface area (Å²) in [6, 6.07) is 5.13. The molecule has 0 aliphatic heterocycles. The molecule has 0 aliphatic carbocycles. The molecule has 112 valence electrons. The van der Waals surface area contributed by atoms with E-state index in [-0.39, 0.29) is 4.90 Å². The molecule has 0 amide bonds. The molecule has 1 aromatic heterocycles. The van der Waals surface area contributed by atoms with E-state index >= 15 is 0 Å². The van der Waals surface area contributed by atoms with Crippen molar-refractivity contribution in [3.8, 4) is 0 Å². The Kier molecular flexibility index (Phi) is 4.10. The number of carboxylic acids is 1. The predicted octanol–water partition coefficient (Wildman–Crippen LogP) is 2.16. The van der Waals surface area contributed by atoms with Crippen LogP contribution >= 0.6 is 0 Å². The zero-order valence-electron chi connectivity index (χ0n) is 10.9. The molecular formula is C13H12FNO5S. The van der Waals surface area contributed by atoms with Gasteiger partial charge in [-0.25, -0.2) is 22.3 Å². The number of nitrogens with one attached hydrogen (secondary N) is 1. The number of furan rings is 1. The highest BCUT2D eigenvalue weighted by Gasteiger charge is 2.22. The Morgan fingerprint density at radius 1 is 1.38 bits per heavy atom. The van der Waals surface area contributed by atoms with Crippen LogP contribution in [0.4, 0.5) is 4.39 Å². The summed E-state index contributed by atoms with van der Waals surface area (Å²) in [6.45, 7) is 1.57. The van der Waals surface area contributed by atoms with Crippen LogP contribution in [-0.2, 0) is 10.0 Å². The summed E-state index contributed by atoms with van der Waals surface area (Å²) in [7, 11) is -4.00. The molecule has 1 aromatic carbocycles. The van der Waals surface area contributed by atoms with Crippen LogP contribution in [0.2, 0.25) is 0 Å². The Morgan fingerprint density at radius 3 is 2.67 bits per heavy atom. The first-order valence-corrected chi connectivity index (χ1v) is 7.38. The molecule has 21 heavy (non-hydrogen) atoms. The van der Waals surface area contributed by atoms with Gasteiger partial charge in [0.1, 0.15) is 11.6 Å². The molecule has 8 heteroatoms. The number of halogens is 1. The third-order valence-corrected chi connectivity index (χ3v) is 4.32. The number of carboxylic acid groups (broad SMARTS) is 1. The maximum Gasteiger partial charge on any atom is 0.338 e. The molecular weight excluding hydrogens is 301 g/mol. The minimum atomic E-state index is -4.00. The minimum absolute atomic E-state index is 0.334. The van der Waals surface area contributed by atoms with Crippen molar-refractivity contribution in [2.45, 2.75) is 17.9 Å². The number of sulfonamides is 1. The highest BCUT2D eigenvalue weighted by Crippen LogP contribution is 2.19. The lowest BCUT2D eigenvalue weighted by atomic mass is 10.2. The largest absolute Gasteiger partial charge is 0.478 e. The van der Waals surface area contributed by atoms with E-state index in [9.17, 15) is 17.6 Å². The average molecular weight is 313 g/mol. The summed E-state index contributed by atoms with van der Waals surface area (Å²) in [5.41, 5.74) is -0.705. The highest BCUT2D eigenvalue weighted by molar-refractivity contribution is 7.89. The molecule has 1 heterocycles. The van der Waals surface area contributed by atoms with Gasteiger partial charge in [-0.05, 0) is 37.3 Å². The van der Waals surface area contributed by atoms with Crippen LogP contribution < -0.4 is 4.72 Å². The smallest absolute Gasteiger partial charge is 0.338 e. The Balaban J connectivity index is 2.32. The third kappa shape index (κ3) is 3.29. The fraction of sp³-hybridized carbons (Fsp3) is 0.154. The van der Waals surface area contributed by atoms with Crippen LogP contribution in [0.1, 0.15) is 29.1 Å². The average Bonchev–Trinajstić information content (AvgIpc) is 2.92. The Labute approximate surface area is 120 Å². The van der Waals surface area contributed by atoms with Crippen LogP contribution in [0, 0.1) is 5.82 Å². The zero-order chi connectivity index (χ0) is 15.6. The summed E-state index contributed by atoms with van der Waals surface area (Å²) in [5, 5.41) is 8.82. The fourth-order valence-corrected chi connectivity index (χ4v) is 2.97. The van der Waals surface area contributed by atoms with Gasteiger partial charge in [-0.2, -0.15) is 0 Å². The SMILES string of the molecule is C[C@@H](NS(=O)(=O)c1ccc(F)c(C(=O)O)c1)c1ccco1. The van der Waals surface area contributed by atoms with Crippen molar-refractivity contribution in [3.63, 3.8) is 0 Å². The molecule has 0 saturated carbocycles. The molecule has 2 N–H and O–H groups in total. The van der Waals surface area contributed by atoms with Crippen LogP contribution in [-0.4, -0.2) is 19.5 Å². The Hall–Kier alpha value is -2.19. The fourth-order valence-electron chi connectivity index (χ4n) is 1.73. The molecule has 0 fully saturated rings. The van der Waals surface area contributed by atoms with Crippen molar-refractivity contribution < 1.29 is 27.1 Å². The van der Waals surface area contributed by atoms with Gasteiger partial charge in [0.25, 0.3) is 0 Å². The van der Waals surface area contributed by atoms with E-state index in [1.165, 1.54) is 6.26 Å². The molecule has 0 unspecified atom stereocenters. The monoisotopic (exact) mass is 313 g/mol. The summed E-state index contributed by atoms with van der Waals surface area (Å²) < 4.78 is 45.0. The van der Waals surface area contributed by atoms with E-state index < -0.39 is 33.4 Å². The van der Waals surface area contributed by atoms with E-state index in [0.717, 1.165) is 18.2 Å². The third-order valence-electron chi connectivity index (χ3n) is 2.78. The molecule has 0 spiro atoms. The predicted molar refractivity (Wildman–Crippen MR) is 70.8 cm³/mol. The van der Waals surface area contributed by atoms with Crippen molar-refractivity contribution in [2.75, 3.05) is 0 Å². The highest BCUT2D eigenvalue weighted by atomic mass is 32.2. The summed E-state index contributed by atoms with van der Waals surface area (Å²) in [5.74, 6) is -2.14. The van der Waals surface area contributed by atoms with Gasteiger partial charge in [0, 0.05) is 0 Å². The lowest BCUT2D eigenvalue weighted by Crippen LogP contribution is -2.27. The summed E-state index contributed by atoms with van der Waals surface area (Å²) in [6.07, 6.45) is 1.40. The van der Waals surface area contributed by atoms with Gasteiger partial charge >= 0.3 is 5.97 Å². The first-order chi connectivity index (χ1) is 9.81. The molecule has 0 aliphatic rings. The van der Waals surface area contributed by atoms with Crippen molar-refractivity contribution in [2.24, 2.45) is 0 Å². The molecule has 0 radical (unpaired) electrons. The Morgan fingerprint density at radius 2 is 2.10 bits per heavy atom. The second kappa shape index (κ2) is 5.66. The number of hydrogen-bond acceptors (Lipinski definition) is 4. The first kappa shape index (κ1) is 15.2. The van der Waals surface area contributed by atoms with Crippen molar-refractivity contribution in [1.82, 2.24) is 4.72 Å². The van der Waals surface area contributed by atoms with Crippen LogP contribution in [0.3, 0.4) is 0 Å². The Bertz CT molecular complexity index is 755. The standard InChI is InChI=1S/C13H12FNO5S/c1-8(12-3-2-6-20-12)15-21(18,19)9-4-5-11(14)10(7-9)13(16)17/h2-8,15H,1H3,(H,16,17)/t8-/m1/s1. The molecule has 2 rings (SSSR count). The van der Waals surface area contributed by atoms with Gasteiger partial charge in [0.05, 0.1) is 22.8 Å². The van der Waals surface area contributed by atoms with Gasteiger partial charge in [-0.3, -0.25) is 0 Å². The maximum absolute atomic E-state index is 13.3. The lowest BCUT2D eigenvalue weighted by Gasteiger charge is -2.12. The van der Waals surface area contributed by atoms with Gasteiger partial charge in [0.2, 0.25) is 10.0 Å². The second-order valence-electron chi connectivity index (χ2n) is 4.31. The van der Waals surface area contributed by atoms with Gasteiger partial charge in [-0.15, -0.1) is 0 Å². The molecule has 6 nitrogen and oxygen atoms in total. The molecule has 1 atom stereocenters. The van der Waals surface area contributed by atoms with Crippen LogP contribution in [0.25, 0.3) is 0 Å². The molecule has 0 saturated heterocycles. The van der Waals surface area contributed by atoms with Crippen molar-refractivity contribution >= 4 is 16.0 Å². The van der Waals surface area contributed by atoms with E-state index in [4.69, 9.17) is 9.52 Å². The van der Waals surface area contributed by atoms with Gasteiger partial charge < -0.3 is 9.52 Å². The van der Waals surface area contributed by atoms with Gasteiger partial charge in [0.15, 0.2) is 0 Å². The number of rotatable bonds is 5. The zero-order valence-corrected chi connectivity index (χ0v) is 11.7. The number of aromatic carboxylic acids is 1. The number of carbonyl (C=O) groups is 1. The van der Waals surface area contributed by atoms with Crippen LogP contribution in [0.15, 0.2) is 45.9 Å². The summed E-state index contributed by atoms with van der Waals surface area (Å²) in [4.78, 5) is 10.5. The number of benzene rings is 1. The summed E-state index contributed by atoms with van der Waals surface area (Å²) >= 11 is 0. The van der Waals surface area contributed by atoms with E-state index in [2.05, 4.69) is 4.72 Å². The molecule has 0 bridgehead atoms. The van der Waals surface area contributed by atoms with E-state index in [1.54, 1.807) is 19.1 Å². The normalized spacial score (nSPS) is 13.0. The lowest BCUT2D eigenvalue weighted by molar-refractivity contribution is 0.0691. The molecule has 2 aromatic rings. The maximum atomic E-state index is 13.3. The van der Waals surface area contributed by atoms with E-state index in [1.807, 2.05) is 0 Å². The minimum Gasteiger partial charge on any atom is -0.478 e. The van der Waals surface area contributed by atoms with E-state index in [0.29, 0.717) is 5.76 Å². The van der Waals surface area contributed by atoms with Gasteiger partial charge in [-0.1, -0.05) is 0 Å². The number of hydrogen-bond donors (Lipinski definition) is 2. The second-order valence-corrected chi connectivity index (χ2v) is 6.02. The quantitative estimate of drug-likeness (QED) is 0.881.